The summed E-state index contributed by atoms with van der Waals surface area (Å²) in [5, 5.41) is 11.1. The second-order valence-corrected chi connectivity index (χ2v) is 15.5. The Kier molecular flexibility index (Phi) is 7.78. The molecule has 0 aliphatic heterocycles. The summed E-state index contributed by atoms with van der Waals surface area (Å²) < 4.78 is 13.4. The van der Waals surface area contributed by atoms with Crippen LogP contribution in [0.3, 0.4) is 0 Å². The molecule has 1 saturated carbocycles. The zero-order valence-electron chi connectivity index (χ0n) is 20.9. The largest absolute Gasteiger partial charge is 0.407 e. The van der Waals surface area contributed by atoms with Gasteiger partial charge in [-0.05, 0) is 84.7 Å². The van der Waals surface area contributed by atoms with Crippen LogP contribution in [-0.4, -0.2) is 37.8 Å². The van der Waals surface area contributed by atoms with Gasteiger partial charge in [0, 0.05) is 0 Å². The Labute approximate surface area is 192 Å². The van der Waals surface area contributed by atoms with Gasteiger partial charge in [0.05, 0.1) is 24.4 Å². The number of fused-ring (bicyclic) bond motifs is 2. The summed E-state index contributed by atoms with van der Waals surface area (Å²) in [6.45, 7) is 18.4. The van der Waals surface area contributed by atoms with Gasteiger partial charge in [-0.3, -0.25) is 0 Å². The third kappa shape index (κ3) is 4.55. The van der Waals surface area contributed by atoms with Crippen molar-refractivity contribution in [2.45, 2.75) is 110 Å². The Morgan fingerprint density at radius 2 is 1.87 bits per heavy atom. The molecule has 1 N–H and O–H groups in total. The Morgan fingerprint density at radius 1 is 1.19 bits per heavy atom. The third-order valence-electron chi connectivity index (χ3n) is 8.98. The molecule has 0 heterocycles. The molecule has 0 unspecified atom stereocenters. The molecule has 31 heavy (non-hydrogen) atoms. The summed E-state index contributed by atoms with van der Waals surface area (Å²) in [5.41, 5.74) is 2.35. The fourth-order valence-corrected chi connectivity index (χ4v) is 9.80. The molecule has 0 amide bonds. The highest BCUT2D eigenvalue weighted by molar-refractivity contribution is 6.73. The minimum Gasteiger partial charge on any atom is -0.407 e. The minimum atomic E-state index is -1.80. The van der Waals surface area contributed by atoms with Crippen LogP contribution in [0.2, 0.25) is 18.1 Å². The second-order valence-electron chi connectivity index (χ2n) is 10.8. The van der Waals surface area contributed by atoms with Gasteiger partial charge in [0.2, 0.25) is 0 Å². The molecule has 0 spiro atoms. The SMILES string of the molecule is C=CCO[C@H]1C=C2C=C3[C@@H](O)C[C@H](C(C)C)[C@@]3(C)CC[C@@]2(O[Si](CC)(CC)CC)CC1. The van der Waals surface area contributed by atoms with E-state index in [1.165, 1.54) is 11.1 Å². The van der Waals surface area contributed by atoms with E-state index in [1.807, 2.05) is 6.08 Å². The molecule has 0 aromatic heterocycles. The average molecular weight is 447 g/mol. The van der Waals surface area contributed by atoms with Crippen molar-refractivity contribution in [3.63, 3.8) is 0 Å². The lowest BCUT2D eigenvalue weighted by molar-refractivity contribution is 0.0216. The quantitative estimate of drug-likeness (QED) is 0.312. The summed E-state index contributed by atoms with van der Waals surface area (Å²) in [6, 6.07) is 3.49. The first kappa shape index (κ1) is 24.9. The van der Waals surface area contributed by atoms with Crippen LogP contribution < -0.4 is 0 Å². The van der Waals surface area contributed by atoms with Gasteiger partial charge < -0.3 is 14.3 Å². The minimum absolute atomic E-state index is 0.0501. The van der Waals surface area contributed by atoms with Crippen LogP contribution >= 0.6 is 0 Å². The zero-order chi connectivity index (χ0) is 22.9. The maximum Gasteiger partial charge on any atom is 0.193 e. The van der Waals surface area contributed by atoms with Crippen molar-refractivity contribution < 1.29 is 14.3 Å². The fraction of sp³-hybridized carbons (Fsp3) is 0.778. The topological polar surface area (TPSA) is 38.7 Å². The van der Waals surface area contributed by atoms with Gasteiger partial charge in [0.25, 0.3) is 0 Å². The van der Waals surface area contributed by atoms with Crippen LogP contribution in [0.1, 0.15) is 73.6 Å². The Balaban J connectivity index is 2.08. The van der Waals surface area contributed by atoms with Gasteiger partial charge in [-0.1, -0.05) is 53.7 Å². The highest BCUT2D eigenvalue weighted by Gasteiger charge is 2.54. The summed E-state index contributed by atoms with van der Waals surface area (Å²) >= 11 is 0. The number of hydrogen-bond acceptors (Lipinski definition) is 3. The van der Waals surface area contributed by atoms with Crippen LogP contribution in [0.5, 0.6) is 0 Å². The van der Waals surface area contributed by atoms with Crippen LogP contribution in [0.15, 0.2) is 36.0 Å². The lowest BCUT2D eigenvalue weighted by atomic mass is 9.69. The normalized spacial score (nSPS) is 35.8. The molecule has 3 nitrogen and oxygen atoms in total. The van der Waals surface area contributed by atoms with Crippen molar-refractivity contribution in [2.75, 3.05) is 6.61 Å². The molecule has 0 bridgehead atoms. The number of rotatable bonds is 9. The Morgan fingerprint density at radius 3 is 2.45 bits per heavy atom. The van der Waals surface area contributed by atoms with Gasteiger partial charge in [-0.15, -0.1) is 6.58 Å². The van der Waals surface area contributed by atoms with E-state index in [9.17, 15) is 5.11 Å². The number of aliphatic hydroxyl groups is 1. The van der Waals surface area contributed by atoms with Gasteiger partial charge in [-0.25, -0.2) is 0 Å². The highest BCUT2D eigenvalue weighted by Crippen LogP contribution is 2.58. The molecule has 0 aromatic rings. The number of ether oxygens (including phenoxy) is 1. The fourth-order valence-electron chi connectivity index (χ4n) is 6.72. The van der Waals surface area contributed by atoms with Crippen molar-refractivity contribution in [1.82, 2.24) is 0 Å². The van der Waals surface area contributed by atoms with Crippen molar-refractivity contribution in [1.29, 1.82) is 0 Å². The van der Waals surface area contributed by atoms with E-state index < -0.39 is 8.32 Å². The van der Waals surface area contributed by atoms with E-state index in [1.54, 1.807) is 0 Å². The first-order valence-corrected chi connectivity index (χ1v) is 15.3. The first-order valence-electron chi connectivity index (χ1n) is 12.7. The van der Waals surface area contributed by atoms with Crippen molar-refractivity contribution in [2.24, 2.45) is 17.3 Å². The third-order valence-corrected chi connectivity index (χ3v) is 13.7. The van der Waals surface area contributed by atoms with E-state index in [0.717, 1.165) is 50.2 Å². The van der Waals surface area contributed by atoms with Crippen molar-refractivity contribution in [3.8, 4) is 0 Å². The molecule has 5 atom stereocenters. The van der Waals surface area contributed by atoms with Gasteiger partial charge >= 0.3 is 0 Å². The molecular weight excluding hydrogens is 400 g/mol. The van der Waals surface area contributed by atoms with Crippen molar-refractivity contribution in [3.05, 3.63) is 36.0 Å². The maximum absolute atomic E-state index is 11.1. The Bertz CT molecular complexity index is 699. The predicted octanol–water partition coefficient (Wildman–Crippen LogP) is 6.80. The van der Waals surface area contributed by atoms with Gasteiger partial charge in [0.15, 0.2) is 8.32 Å². The lowest BCUT2D eigenvalue weighted by Gasteiger charge is -2.46. The molecule has 3 aliphatic rings. The smallest absolute Gasteiger partial charge is 0.193 e. The average Bonchev–Trinajstić information content (AvgIpc) is 2.93. The van der Waals surface area contributed by atoms with Gasteiger partial charge in [0.1, 0.15) is 0 Å². The standard InChI is InChI=1S/C27H46O3Si/c1-8-16-29-22-12-13-27(30-31(9-2,10-3)11-4)15-14-26(7)23(20(5)6)19-25(28)24(26)18-21(27)17-22/h8,17-18,20,22-23,25,28H,1,9-16,19H2,2-7H3/t22-,23-,25+,26-,27+/m1/s1. The lowest BCUT2D eigenvalue weighted by Crippen LogP contribution is -2.50. The monoisotopic (exact) mass is 446 g/mol. The highest BCUT2D eigenvalue weighted by atomic mass is 28.4. The van der Waals surface area contributed by atoms with Gasteiger partial charge in [-0.2, -0.15) is 0 Å². The van der Waals surface area contributed by atoms with Crippen LogP contribution in [0.4, 0.5) is 0 Å². The molecule has 1 fully saturated rings. The van der Waals surface area contributed by atoms with E-state index in [-0.39, 0.29) is 23.2 Å². The van der Waals surface area contributed by atoms with Crippen molar-refractivity contribution >= 4 is 8.32 Å². The van der Waals surface area contributed by atoms with Crippen LogP contribution in [-0.2, 0) is 9.16 Å². The summed E-state index contributed by atoms with van der Waals surface area (Å²) in [5.74, 6) is 1.08. The molecule has 0 aromatic carbocycles. The summed E-state index contributed by atoms with van der Waals surface area (Å²) in [7, 11) is -1.80. The first-order chi connectivity index (χ1) is 14.7. The predicted molar refractivity (Wildman–Crippen MR) is 133 cm³/mol. The van der Waals surface area contributed by atoms with E-state index in [0.29, 0.717) is 18.4 Å². The Hall–Kier alpha value is -0.683. The molecule has 0 radical (unpaired) electrons. The van der Waals surface area contributed by atoms with Crippen LogP contribution in [0.25, 0.3) is 0 Å². The van der Waals surface area contributed by atoms with E-state index in [2.05, 4.69) is 60.3 Å². The maximum atomic E-state index is 11.1. The molecule has 3 rings (SSSR count). The summed E-state index contributed by atoms with van der Waals surface area (Å²) in [6.07, 6.45) is 11.3. The molecule has 4 heteroatoms. The number of hydrogen-bond donors (Lipinski definition) is 1. The molecular formula is C27H46O3Si. The summed E-state index contributed by atoms with van der Waals surface area (Å²) in [4.78, 5) is 0. The van der Waals surface area contributed by atoms with Crippen LogP contribution in [0, 0.1) is 17.3 Å². The van der Waals surface area contributed by atoms with E-state index in [4.69, 9.17) is 9.16 Å². The molecule has 3 aliphatic carbocycles. The molecule has 0 saturated heterocycles. The number of aliphatic hydroxyl groups excluding tert-OH is 1. The second kappa shape index (κ2) is 9.67. The zero-order valence-corrected chi connectivity index (χ0v) is 21.9. The van der Waals surface area contributed by atoms with E-state index >= 15 is 0 Å². The molecule has 176 valence electrons.